The van der Waals surface area contributed by atoms with Crippen LogP contribution in [0, 0.1) is 6.92 Å². The van der Waals surface area contributed by atoms with Gasteiger partial charge >= 0.3 is 0 Å². The number of nitrogens with one attached hydrogen (secondary N) is 2. The number of carbonyl (C=O) groups excluding carboxylic acids is 1. The van der Waals surface area contributed by atoms with Crippen LogP contribution in [0.25, 0.3) is 0 Å². The monoisotopic (exact) mass is 360 g/mol. The Morgan fingerprint density at radius 3 is 2.24 bits per heavy atom. The first kappa shape index (κ1) is 19.0. The topological polar surface area (TPSA) is 75.3 Å². The highest BCUT2D eigenvalue weighted by Gasteiger charge is 2.18. The van der Waals surface area contributed by atoms with Crippen molar-refractivity contribution in [2.45, 2.75) is 44.9 Å². The average Bonchev–Trinajstić information content (AvgIpc) is 2.55. The molecule has 5 nitrogen and oxygen atoms in total. The third kappa shape index (κ3) is 4.82. The molecule has 0 unspecified atom stereocenters. The van der Waals surface area contributed by atoms with E-state index in [1.165, 1.54) is 18.6 Å². The van der Waals surface area contributed by atoms with Crippen LogP contribution >= 0.6 is 0 Å². The minimum atomic E-state index is -3.74. The van der Waals surface area contributed by atoms with Crippen LogP contribution in [0.4, 0.5) is 11.4 Å². The summed E-state index contributed by atoms with van der Waals surface area (Å²) < 4.78 is 28.0. The Balaban J connectivity index is 2.28. The van der Waals surface area contributed by atoms with Crippen molar-refractivity contribution in [3.8, 4) is 0 Å². The molecule has 1 amide bonds. The van der Waals surface area contributed by atoms with Gasteiger partial charge in [0.25, 0.3) is 10.0 Å². The van der Waals surface area contributed by atoms with Crippen LogP contribution in [0.1, 0.15) is 44.2 Å². The summed E-state index contributed by atoms with van der Waals surface area (Å²) in [5, 5.41) is 2.60. The summed E-state index contributed by atoms with van der Waals surface area (Å²) in [4.78, 5) is 11.3. The summed E-state index contributed by atoms with van der Waals surface area (Å²) in [6.07, 6.45) is 1.03. The lowest BCUT2D eigenvalue weighted by molar-refractivity contribution is -0.114. The van der Waals surface area contributed by atoms with Crippen molar-refractivity contribution in [2.75, 3.05) is 10.0 Å². The lowest BCUT2D eigenvalue weighted by Gasteiger charge is -2.14. The van der Waals surface area contributed by atoms with Gasteiger partial charge in [0.15, 0.2) is 0 Å². The van der Waals surface area contributed by atoms with Crippen molar-refractivity contribution in [3.63, 3.8) is 0 Å². The van der Waals surface area contributed by atoms with Gasteiger partial charge in [0.05, 0.1) is 4.90 Å². The maximum Gasteiger partial charge on any atom is 0.262 e. The second-order valence-electron chi connectivity index (χ2n) is 6.20. The maximum atomic E-state index is 12.7. The molecular weight excluding hydrogens is 336 g/mol. The molecule has 134 valence electrons. The van der Waals surface area contributed by atoms with Crippen molar-refractivity contribution in [3.05, 3.63) is 53.6 Å². The molecule has 0 aliphatic heterocycles. The molecule has 2 rings (SSSR count). The molecule has 0 fully saturated rings. The van der Waals surface area contributed by atoms with Crippen molar-refractivity contribution in [1.29, 1.82) is 0 Å². The largest absolute Gasteiger partial charge is 0.326 e. The normalized spacial score (nSPS) is 12.5. The van der Waals surface area contributed by atoms with Crippen LogP contribution in [0.5, 0.6) is 0 Å². The van der Waals surface area contributed by atoms with Crippen LogP contribution in [-0.4, -0.2) is 14.3 Å². The Morgan fingerprint density at radius 2 is 1.68 bits per heavy atom. The lowest BCUT2D eigenvalue weighted by Crippen LogP contribution is -2.15. The number of hydrogen-bond donors (Lipinski definition) is 2. The van der Waals surface area contributed by atoms with Gasteiger partial charge in [-0.1, -0.05) is 32.0 Å². The highest BCUT2D eigenvalue weighted by molar-refractivity contribution is 7.92. The molecule has 0 radical (unpaired) electrons. The molecule has 6 heteroatoms. The lowest BCUT2D eigenvalue weighted by atomic mass is 9.99. The summed E-state index contributed by atoms with van der Waals surface area (Å²) in [7, 11) is -3.74. The molecule has 2 N–H and O–H groups in total. The summed E-state index contributed by atoms with van der Waals surface area (Å²) in [6.45, 7) is 7.35. The first-order valence-corrected chi connectivity index (χ1v) is 9.72. The van der Waals surface area contributed by atoms with Crippen LogP contribution in [0.3, 0.4) is 0 Å². The fraction of sp³-hybridized carbons (Fsp3) is 0.316. The molecule has 2 aromatic rings. The van der Waals surface area contributed by atoms with Gasteiger partial charge in [0.1, 0.15) is 0 Å². The highest BCUT2D eigenvalue weighted by Crippen LogP contribution is 2.25. The molecule has 25 heavy (non-hydrogen) atoms. The quantitative estimate of drug-likeness (QED) is 0.808. The average molecular weight is 360 g/mol. The standard InChI is InChI=1S/C19H24N2O3S/c1-5-13(2)16-7-10-17(11-8-16)21-25(23,24)19-12-18(20-15(4)22)9-6-14(19)3/h6-13,21H,5H2,1-4H3,(H,20,22)/t13-/m0/s1. The summed E-state index contributed by atoms with van der Waals surface area (Å²) in [6, 6.07) is 12.2. The molecule has 0 aromatic heterocycles. The Labute approximate surface area is 149 Å². The van der Waals surface area contributed by atoms with Gasteiger partial charge in [-0.2, -0.15) is 0 Å². The van der Waals surface area contributed by atoms with Gasteiger partial charge < -0.3 is 5.32 Å². The second kappa shape index (κ2) is 7.70. The molecule has 0 bridgehead atoms. The van der Waals surface area contributed by atoms with E-state index in [-0.39, 0.29) is 10.8 Å². The Kier molecular flexibility index (Phi) is 5.85. The van der Waals surface area contributed by atoms with E-state index < -0.39 is 10.0 Å². The van der Waals surface area contributed by atoms with Gasteiger partial charge in [-0.3, -0.25) is 9.52 Å². The third-order valence-electron chi connectivity index (χ3n) is 4.14. The summed E-state index contributed by atoms with van der Waals surface area (Å²) in [5.74, 6) is 0.183. The number of sulfonamides is 1. The SMILES string of the molecule is CC[C@H](C)c1ccc(NS(=O)(=O)c2cc(NC(C)=O)ccc2C)cc1. The number of carbonyl (C=O) groups is 1. The molecular formula is C19H24N2O3S. The minimum Gasteiger partial charge on any atom is -0.326 e. The Morgan fingerprint density at radius 1 is 1.08 bits per heavy atom. The third-order valence-corrected chi connectivity index (χ3v) is 5.67. The molecule has 0 aliphatic rings. The van der Waals surface area contributed by atoms with Gasteiger partial charge in [-0.05, 0) is 54.7 Å². The van der Waals surface area contributed by atoms with Gasteiger partial charge in [-0.25, -0.2) is 8.42 Å². The second-order valence-corrected chi connectivity index (χ2v) is 7.85. The van der Waals surface area contributed by atoms with E-state index in [1.54, 1.807) is 31.2 Å². The number of rotatable bonds is 6. The van der Waals surface area contributed by atoms with E-state index in [9.17, 15) is 13.2 Å². The maximum absolute atomic E-state index is 12.7. The van der Waals surface area contributed by atoms with E-state index in [1.807, 2.05) is 12.1 Å². The first-order chi connectivity index (χ1) is 11.7. The number of benzene rings is 2. The first-order valence-electron chi connectivity index (χ1n) is 8.24. The minimum absolute atomic E-state index is 0.143. The smallest absolute Gasteiger partial charge is 0.262 e. The zero-order chi connectivity index (χ0) is 18.6. The number of amides is 1. The zero-order valence-corrected chi connectivity index (χ0v) is 15.8. The van der Waals surface area contributed by atoms with E-state index in [4.69, 9.17) is 0 Å². The predicted octanol–water partition coefficient (Wildman–Crippen LogP) is 4.27. The molecule has 2 aromatic carbocycles. The van der Waals surface area contributed by atoms with Gasteiger partial charge in [0, 0.05) is 18.3 Å². The van der Waals surface area contributed by atoms with Gasteiger partial charge in [0.2, 0.25) is 5.91 Å². The van der Waals surface area contributed by atoms with Crippen LogP contribution in [-0.2, 0) is 14.8 Å². The fourth-order valence-corrected chi connectivity index (χ4v) is 3.83. The Bertz CT molecular complexity index is 859. The van der Waals surface area contributed by atoms with E-state index in [0.29, 0.717) is 22.9 Å². The summed E-state index contributed by atoms with van der Waals surface area (Å²) >= 11 is 0. The number of anilines is 2. The predicted molar refractivity (Wildman–Crippen MR) is 101 cm³/mol. The molecule has 0 saturated heterocycles. The summed E-state index contributed by atoms with van der Waals surface area (Å²) in [5.41, 5.74) is 2.74. The van der Waals surface area contributed by atoms with Crippen LogP contribution < -0.4 is 10.0 Å². The highest BCUT2D eigenvalue weighted by atomic mass is 32.2. The van der Waals surface area contributed by atoms with E-state index in [2.05, 4.69) is 23.9 Å². The van der Waals surface area contributed by atoms with Gasteiger partial charge in [-0.15, -0.1) is 0 Å². The Hall–Kier alpha value is -2.34. The molecule has 1 atom stereocenters. The van der Waals surface area contributed by atoms with Crippen LogP contribution in [0.2, 0.25) is 0 Å². The molecule has 0 saturated carbocycles. The van der Waals surface area contributed by atoms with Crippen molar-refractivity contribution >= 4 is 27.3 Å². The zero-order valence-electron chi connectivity index (χ0n) is 15.0. The van der Waals surface area contributed by atoms with Crippen LogP contribution in [0.15, 0.2) is 47.4 Å². The van der Waals surface area contributed by atoms with E-state index in [0.717, 1.165) is 6.42 Å². The fourth-order valence-electron chi connectivity index (χ4n) is 2.50. The number of aryl methyl sites for hydroxylation is 1. The van der Waals surface area contributed by atoms with Crippen molar-refractivity contribution in [1.82, 2.24) is 0 Å². The van der Waals surface area contributed by atoms with Crippen molar-refractivity contribution < 1.29 is 13.2 Å². The molecule has 0 aliphatic carbocycles. The van der Waals surface area contributed by atoms with Crippen molar-refractivity contribution in [2.24, 2.45) is 0 Å². The van der Waals surface area contributed by atoms with E-state index >= 15 is 0 Å². The number of hydrogen-bond acceptors (Lipinski definition) is 3. The molecule has 0 spiro atoms. The molecule has 0 heterocycles.